The van der Waals surface area contributed by atoms with Crippen molar-refractivity contribution in [1.82, 2.24) is 5.32 Å². The van der Waals surface area contributed by atoms with Crippen molar-refractivity contribution in [2.75, 3.05) is 0 Å². The molecule has 1 unspecified atom stereocenters. The van der Waals surface area contributed by atoms with Crippen LogP contribution in [0.15, 0.2) is 35.3 Å². The summed E-state index contributed by atoms with van der Waals surface area (Å²) in [6.45, 7) is 3.18. The topological polar surface area (TPSA) is 24.4 Å². The molecule has 2 aliphatic heterocycles. The Morgan fingerprint density at radius 2 is 1.95 bits per heavy atom. The molecule has 3 heteroatoms. The van der Waals surface area contributed by atoms with E-state index in [1.54, 1.807) is 0 Å². The van der Waals surface area contributed by atoms with Gasteiger partial charge in [0.25, 0.3) is 0 Å². The molecule has 0 aliphatic carbocycles. The Hall–Kier alpha value is -1.64. The first kappa shape index (κ1) is 13.1. The Morgan fingerprint density at radius 1 is 1.14 bits per heavy atom. The van der Waals surface area contributed by atoms with E-state index in [0.29, 0.717) is 6.04 Å². The molecule has 1 atom stereocenters. The Kier molecular flexibility index (Phi) is 3.09. The van der Waals surface area contributed by atoms with E-state index < -0.39 is 0 Å². The van der Waals surface area contributed by atoms with Gasteiger partial charge in [-0.15, -0.1) is 0 Å². The van der Waals surface area contributed by atoms with Gasteiger partial charge in [-0.3, -0.25) is 4.99 Å². The van der Waals surface area contributed by atoms with Gasteiger partial charge in [0.05, 0.1) is 5.69 Å². The lowest BCUT2D eigenvalue weighted by Gasteiger charge is -2.28. The van der Waals surface area contributed by atoms with E-state index in [-0.39, 0.29) is 0 Å². The van der Waals surface area contributed by atoms with Crippen molar-refractivity contribution in [2.24, 2.45) is 4.99 Å². The normalized spacial score (nSPS) is 19.4. The Labute approximate surface area is 129 Å². The Bertz CT molecular complexity index is 732. The molecule has 2 nitrogen and oxygen atoms in total. The maximum Gasteiger partial charge on any atom is 0.0670 e. The molecule has 0 spiro atoms. The van der Waals surface area contributed by atoms with Gasteiger partial charge in [0.15, 0.2) is 0 Å². The lowest BCUT2D eigenvalue weighted by Crippen LogP contribution is -2.33. The monoisotopic (exact) mass is 296 g/mol. The van der Waals surface area contributed by atoms with Crippen LogP contribution < -0.4 is 5.32 Å². The van der Waals surface area contributed by atoms with Crippen LogP contribution in [0.3, 0.4) is 0 Å². The maximum atomic E-state index is 6.02. The minimum atomic E-state index is 0.530. The minimum absolute atomic E-state index is 0.530. The second kappa shape index (κ2) is 4.97. The molecule has 0 saturated heterocycles. The van der Waals surface area contributed by atoms with Gasteiger partial charge in [-0.05, 0) is 59.4 Å². The molecule has 2 aliphatic rings. The summed E-state index contributed by atoms with van der Waals surface area (Å²) >= 11 is 6.02. The molecule has 0 bridgehead atoms. The first-order valence-electron chi connectivity index (χ1n) is 7.42. The van der Waals surface area contributed by atoms with Crippen LogP contribution >= 0.6 is 11.6 Å². The van der Waals surface area contributed by atoms with Crippen molar-refractivity contribution in [1.29, 1.82) is 0 Å². The van der Waals surface area contributed by atoms with Crippen LogP contribution in [0.1, 0.15) is 23.6 Å². The van der Waals surface area contributed by atoms with E-state index in [1.807, 2.05) is 18.3 Å². The van der Waals surface area contributed by atoms with E-state index in [9.17, 15) is 0 Å². The third-order valence-electron chi connectivity index (χ3n) is 4.46. The van der Waals surface area contributed by atoms with Gasteiger partial charge in [-0.2, -0.15) is 0 Å². The van der Waals surface area contributed by atoms with E-state index in [2.05, 4.69) is 35.4 Å². The quantitative estimate of drug-likeness (QED) is 0.833. The molecule has 0 fully saturated rings. The van der Waals surface area contributed by atoms with Gasteiger partial charge >= 0.3 is 0 Å². The van der Waals surface area contributed by atoms with E-state index in [4.69, 9.17) is 11.6 Å². The third kappa shape index (κ3) is 2.19. The summed E-state index contributed by atoms with van der Waals surface area (Å²) < 4.78 is 0. The number of benzene rings is 2. The van der Waals surface area contributed by atoms with E-state index in [1.165, 1.54) is 27.8 Å². The van der Waals surface area contributed by atoms with Crippen LogP contribution in [0.25, 0.3) is 11.1 Å². The van der Waals surface area contributed by atoms with Gasteiger partial charge in [0.1, 0.15) is 0 Å². The first-order valence-corrected chi connectivity index (χ1v) is 7.79. The molecule has 0 amide bonds. The highest BCUT2D eigenvalue weighted by Crippen LogP contribution is 2.39. The number of nitrogens with zero attached hydrogens (tertiary/aromatic N) is 1. The summed E-state index contributed by atoms with van der Waals surface area (Å²) in [5.41, 5.74) is 8.01. The molecular weight excluding hydrogens is 280 g/mol. The average molecular weight is 297 g/mol. The number of fused-ring (bicyclic) bond motifs is 3. The fourth-order valence-corrected chi connectivity index (χ4v) is 3.50. The summed E-state index contributed by atoms with van der Waals surface area (Å²) in [6.07, 6.45) is 4.09. The van der Waals surface area contributed by atoms with E-state index >= 15 is 0 Å². The zero-order chi connectivity index (χ0) is 14.4. The van der Waals surface area contributed by atoms with Crippen molar-refractivity contribution in [2.45, 2.75) is 32.4 Å². The second-order valence-electron chi connectivity index (χ2n) is 5.89. The highest BCUT2D eigenvalue weighted by atomic mass is 35.5. The number of rotatable bonds is 1. The van der Waals surface area contributed by atoms with Crippen LogP contribution in [-0.2, 0) is 19.4 Å². The first-order chi connectivity index (χ1) is 10.2. The predicted molar refractivity (Wildman–Crippen MR) is 88.7 cm³/mol. The lowest BCUT2D eigenvalue weighted by molar-refractivity contribution is 0.513. The Morgan fingerprint density at radius 3 is 2.76 bits per heavy atom. The maximum absolute atomic E-state index is 6.02. The van der Waals surface area contributed by atoms with Crippen LogP contribution in [-0.4, -0.2) is 12.3 Å². The number of hydrogen-bond acceptors (Lipinski definition) is 2. The molecule has 1 N–H and O–H groups in total. The van der Waals surface area contributed by atoms with Crippen LogP contribution in [0.2, 0.25) is 5.02 Å². The van der Waals surface area contributed by atoms with Gasteiger partial charge < -0.3 is 5.32 Å². The molecule has 2 aromatic carbocycles. The molecular formula is C18H17ClN2. The molecule has 2 aromatic rings. The van der Waals surface area contributed by atoms with E-state index in [0.717, 1.165) is 30.1 Å². The van der Waals surface area contributed by atoms with Crippen LogP contribution in [0.4, 0.5) is 5.69 Å². The van der Waals surface area contributed by atoms with Crippen molar-refractivity contribution >= 4 is 23.5 Å². The zero-order valence-corrected chi connectivity index (χ0v) is 12.7. The van der Waals surface area contributed by atoms with Gasteiger partial charge in [-0.1, -0.05) is 23.7 Å². The van der Waals surface area contributed by atoms with Gasteiger partial charge in [-0.25, -0.2) is 0 Å². The summed E-state index contributed by atoms with van der Waals surface area (Å²) in [4.78, 5) is 4.56. The lowest BCUT2D eigenvalue weighted by atomic mass is 9.85. The standard InChI is InChI=1S/C18H17ClN2/c1-11-8-16-14-6-7-20-18(14)9-15(17(16)10-21-11)12-2-4-13(19)5-3-12/h2-5,7,9,11,21H,6,8,10H2,1H3. The molecule has 21 heavy (non-hydrogen) atoms. The summed E-state index contributed by atoms with van der Waals surface area (Å²) in [6, 6.07) is 10.9. The number of aliphatic imine (C=N–C) groups is 1. The molecule has 0 radical (unpaired) electrons. The van der Waals surface area contributed by atoms with Crippen LogP contribution in [0, 0.1) is 0 Å². The zero-order valence-electron chi connectivity index (χ0n) is 12.0. The van der Waals surface area contributed by atoms with Crippen LogP contribution in [0.5, 0.6) is 0 Å². The molecule has 0 saturated carbocycles. The number of halogens is 1. The largest absolute Gasteiger partial charge is 0.310 e. The number of hydrogen-bond donors (Lipinski definition) is 1. The fourth-order valence-electron chi connectivity index (χ4n) is 3.38. The second-order valence-corrected chi connectivity index (χ2v) is 6.32. The smallest absolute Gasteiger partial charge is 0.0670 e. The van der Waals surface area contributed by atoms with Gasteiger partial charge in [0, 0.05) is 30.2 Å². The van der Waals surface area contributed by atoms with Crippen molar-refractivity contribution in [3.63, 3.8) is 0 Å². The SMILES string of the molecule is CC1Cc2c3c(cc(-c4ccc(Cl)cc4)c2CN1)N=CC3. The van der Waals surface area contributed by atoms with Gasteiger partial charge in [0.2, 0.25) is 0 Å². The fraction of sp³-hybridized carbons (Fsp3) is 0.278. The molecule has 2 heterocycles. The summed E-state index contributed by atoms with van der Waals surface area (Å²) in [5.74, 6) is 0. The molecule has 106 valence electrons. The predicted octanol–water partition coefficient (Wildman–Crippen LogP) is 4.30. The highest BCUT2D eigenvalue weighted by Gasteiger charge is 2.24. The third-order valence-corrected chi connectivity index (χ3v) is 4.71. The summed E-state index contributed by atoms with van der Waals surface area (Å²) in [7, 11) is 0. The Balaban J connectivity index is 1.93. The molecule has 4 rings (SSSR count). The van der Waals surface area contributed by atoms with Crippen molar-refractivity contribution in [3.8, 4) is 11.1 Å². The molecule has 0 aromatic heterocycles. The average Bonchev–Trinajstić information content (AvgIpc) is 2.96. The number of nitrogens with one attached hydrogen (secondary N) is 1. The minimum Gasteiger partial charge on any atom is -0.310 e. The van der Waals surface area contributed by atoms with Crippen molar-refractivity contribution in [3.05, 3.63) is 52.0 Å². The summed E-state index contributed by atoms with van der Waals surface area (Å²) in [5, 5.41) is 4.36. The highest BCUT2D eigenvalue weighted by molar-refractivity contribution is 6.30. The van der Waals surface area contributed by atoms with Crippen molar-refractivity contribution < 1.29 is 0 Å².